The van der Waals surface area contributed by atoms with E-state index in [4.69, 9.17) is 0 Å². The molecule has 0 aromatic carbocycles. The molecule has 0 bridgehead atoms. The second-order valence-corrected chi connectivity index (χ2v) is 6.71. The SMILES string of the molecule is CNC1CCCN(C(=O)CCCc2ccc(C)s2)C1. The van der Waals surface area contributed by atoms with Gasteiger partial charge in [-0.15, -0.1) is 11.3 Å². The molecule has 1 fully saturated rings. The van der Waals surface area contributed by atoms with Gasteiger partial charge in [0, 0.05) is 35.3 Å². The van der Waals surface area contributed by atoms with Crippen molar-refractivity contribution in [1.82, 2.24) is 10.2 Å². The summed E-state index contributed by atoms with van der Waals surface area (Å²) in [6.07, 6.45) is 5.01. The van der Waals surface area contributed by atoms with Gasteiger partial charge in [0.05, 0.1) is 0 Å². The number of carbonyl (C=O) groups excluding carboxylic acids is 1. The predicted octanol–water partition coefficient (Wildman–Crippen LogP) is 2.59. The topological polar surface area (TPSA) is 32.3 Å². The highest BCUT2D eigenvalue weighted by molar-refractivity contribution is 7.11. The van der Waals surface area contributed by atoms with E-state index < -0.39 is 0 Å². The number of likely N-dealkylation sites (N-methyl/N-ethyl adjacent to an activating group) is 1. The monoisotopic (exact) mass is 280 g/mol. The van der Waals surface area contributed by atoms with E-state index >= 15 is 0 Å². The Hall–Kier alpha value is -0.870. The minimum Gasteiger partial charge on any atom is -0.341 e. The summed E-state index contributed by atoms with van der Waals surface area (Å²) in [5.74, 6) is 0.327. The number of piperidine rings is 1. The van der Waals surface area contributed by atoms with Crippen molar-refractivity contribution in [2.75, 3.05) is 20.1 Å². The molecule has 0 radical (unpaired) electrons. The van der Waals surface area contributed by atoms with Crippen LogP contribution >= 0.6 is 11.3 Å². The summed E-state index contributed by atoms with van der Waals surface area (Å²) in [5, 5.41) is 3.28. The lowest BCUT2D eigenvalue weighted by atomic mass is 10.1. The summed E-state index contributed by atoms with van der Waals surface area (Å²) in [5.41, 5.74) is 0. The van der Waals surface area contributed by atoms with Crippen molar-refractivity contribution < 1.29 is 4.79 Å². The molecule has 1 amide bonds. The first-order valence-electron chi connectivity index (χ1n) is 7.19. The minimum atomic E-state index is 0.327. The molecule has 106 valence electrons. The van der Waals surface area contributed by atoms with Crippen LogP contribution in [0.2, 0.25) is 0 Å². The van der Waals surface area contributed by atoms with Gasteiger partial charge in [0.1, 0.15) is 0 Å². The lowest BCUT2D eigenvalue weighted by molar-refractivity contribution is -0.132. The van der Waals surface area contributed by atoms with Crippen molar-refractivity contribution in [2.45, 2.75) is 45.1 Å². The fraction of sp³-hybridized carbons (Fsp3) is 0.667. The van der Waals surface area contributed by atoms with Crippen LogP contribution in [0.15, 0.2) is 12.1 Å². The van der Waals surface area contributed by atoms with E-state index in [9.17, 15) is 4.79 Å². The molecular formula is C15H24N2OS. The maximum atomic E-state index is 12.2. The molecule has 2 heterocycles. The quantitative estimate of drug-likeness (QED) is 0.899. The fourth-order valence-corrected chi connectivity index (χ4v) is 3.56. The molecule has 1 unspecified atom stereocenters. The number of amides is 1. The second kappa shape index (κ2) is 7.06. The molecular weight excluding hydrogens is 256 g/mol. The zero-order valence-electron chi connectivity index (χ0n) is 11.9. The Morgan fingerprint density at radius 3 is 3.05 bits per heavy atom. The Morgan fingerprint density at radius 1 is 1.53 bits per heavy atom. The van der Waals surface area contributed by atoms with E-state index in [2.05, 4.69) is 24.4 Å². The molecule has 1 N–H and O–H groups in total. The van der Waals surface area contributed by atoms with Crippen molar-refractivity contribution in [2.24, 2.45) is 0 Å². The maximum absolute atomic E-state index is 12.2. The fourth-order valence-electron chi connectivity index (χ4n) is 2.63. The van der Waals surface area contributed by atoms with Crippen molar-refractivity contribution >= 4 is 17.2 Å². The molecule has 1 aliphatic rings. The van der Waals surface area contributed by atoms with Gasteiger partial charge in [0.2, 0.25) is 5.91 Å². The van der Waals surface area contributed by atoms with Crippen LogP contribution in [0.3, 0.4) is 0 Å². The van der Waals surface area contributed by atoms with Gasteiger partial charge >= 0.3 is 0 Å². The predicted molar refractivity (Wildman–Crippen MR) is 80.7 cm³/mol. The van der Waals surface area contributed by atoms with E-state index in [0.29, 0.717) is 18.4 Å². The van der Waals surface area contributed by atoms with Crippen molar-refractivity contribution in [1.29, 1.82) is 0 Å². The number of carbonyl (C=O) groups is 1. The molecule has 0 aliphatic carbocycles. The number of nitrogens with one attached hydrogen (secondary N) is 1. The number of rotatable bonds is 5. The molecule has 1 aromatic heterocycles. The van der Waals surface area contributed by atoms with Crippen molar-refractivity contribution in [3.8, 4) is 0 Å². The van der Waals surface area contributed by atoms with E-state index in [1.165, 1.54) is 16.2 Å². The van der Waals surface area contributed by atoms with Crippen molar-refractivity contribution in [3.63, 3.8) is 0 Å². The number of hydrogen-bond acceptors (Lipinski definition) is 3. The van der Waals surface area contributed by atoms with Gasteiger partial charge in [-0.05, 0) is 51.8 Å². The standard InChI is InChI=1S/C15H24N2OS/c1-12-8-9-14(19-12)6-3-7-15(18)17-10-4-5-13(11-17)16-2/h8-9,13,16H,3-7,10-11H2,1-2H3. The van der Waals surface area contributed by atoms with Gasteiger partial charge in [-0.25, -0.2) is 0 Å². The maximum Gasteiger partial charge on any atom is 0.222 e. The Kier molecular flexibility index (Phi) is 5.40. The number of nitrogens with zero attached hydrogens (tertiary/aromatic N) is 1. The van der Waals surface area contributed by atoms with Crippen LogP contribution in [0, 0.1) is 6.92 Å². The molecule has 19 heavy (non-hydrogen) atoms. The summed E-state index contributed by atoms with van der Waals surface area (Å²) in [7, 11) is 1.98. The highest BCUT2D eigenvalue weighted by Gasteiger charge is 2.21. The van der Waals surface area contributed by atoms with E-state index in [1.807, 2.05) is 23.3 Å². The molecule has 3 nitrogen and oxygen atoms in total. The number of likely N-dealkylation sites (tertiary alicyclic amines) is 1. The lowest BCUT2D eigenvalue weighted by Crippen LogP contribution is -2.46. The highest BCUT2D eigenvalue weighted by atomic mass is 32.1. The summed E-state index contributed by atoms with van der Waals surface area (Å²) in [6, 6.07) is 4.82. The van der Waals surface area contributed by atoms with Crippen LogP contribution in [0.25, 0.3) is 0 Å². The summed E-state index contributed by atoms with van der Waals surface area (Å²) < 4.78 is 0. The van der Waals surface area contributed by atoms with E-state index in [0.717, 1.165) is 32.4 Å². The smallest absolute Gasteiger partial charge is 0.222 e. The van der Waals surface area contributed by atoms with Crippen LogP contribution < -0.4 is 5.32 Å². The zero-order valence-corrected chi connectivity index (χ0v) is 12.8. The van der Waals surface area contributed by atoms with Gasteiger partial charge in [0.25, 0.3) is 0 Å². The third kappa shape index (κ3) is 4.32. The number of aryl methyl sites for hydroxylation is 2. The summed E-state index contributed by atoms with van der Waals surface area (Å²) >= 11 is 1.84. The van der Waals surface area contributed by atoms with E-state index in [-0.39, 0.29) is 0 Å². The van der Waals surface area contributed by atoms with E-state index in [1.54, 1.807) is 0 Å². The average molecular weight is 280 g/mol. The molecule has 1 atom stereocenters. The first-order chi connectivity index (χ1) is 9.19. The third-order valence-corrected chi connectivity index (χ3v) is 4.85. The van der Waals surface area contributed by atoms with Gasteiger partial charge in [-0.1, -0.05) is 0 Å². The van der Waals surface area contributed by atoms with Crippen LogP contribution in [0.5, 0.6) is 0 Å². The van der Waals surface area contributed by atoms with Gasteiger partial charge in [-0.2, -0.15) is 0 Å². The van der Waals surface area contributed by atoms with Crippen LogP contribution in [0.4, 0.5) is 0 Å². The Bertz CT molecular complexity index is 416. The molecule has 1 saturated heterocycles. The molecule has 1 aliphatic heterocycles. The van der Waals surface area contributed by atoms with Gasteiger partial charge in [-0.3, -0.25) is 4.79 Å². The Balaban J connectivity index is 1.72. The summed E-state index contributed by atoms with van der Waals surface area (Å²) in [4.78, 5) is 16.9. The van der Waals surface area contributed by atoms with Crippen LogP contribution in [0.1, 0.15) is 35.4 Å². The van der Waals surface area contributed by atoms with Crippen LogP contribution in [-0.2, 0) is 11.2 Å². The average Bonchev–Trinajstić information content (AvgIpc) is 2.84. The highest BCUT2D eigenvalue weighted by Crippen LogP contribution is 2.18. The van der Waals surface area contributed by atoms with Gasteiger partial charge in [0.15, 0.2) is 0 Å². The molecule has 4 heteroatoms. The van der Waals surface area contributed by atoms with Crippen molar-refractivity contribution in [3.05, 3.63) is 21.9 Å². The number of thiophene rings is 1. The normalized spacial score (nSPS) is 19.7. The molecule has 0 saturated carbocycles. The first kappa shape index (κ1) is 14.5. The number of hydrogen-bond donors (Lipinski definition) is 1. The van der Waals surface area contributed by atoms with Crippen LogP contribution in [-0.4, -0.2) is 37.0 Å². The third-order valence-electron chi connectivity index (χ3n) is 3.79. The Morgan fingerprint density at radius 2 is 2.37 bits per heavy atom. The van der Waals surface area contributed by atoms with Gasteiger partial charge < -0.3 is 10.2 Å². The molecule has 2 rings (SSSR count). The Labute approximate surface area is 120 Å². The molecule has 0 spiro atoms. The molecule has 1 aromatic rings. The minimum absolute atomic E-state index is 0.327. The lowest BCUT2D eigenvalue weighted by Gasteiger charge is -2.32. The largest absolute Gasteiger partial charge is 0.341 e. The zero-order chi connectivity index (χ0) is 13.7. The summed E-state index contributed by atoms with van der Waals surface area (Å²) in [6.45, 7) is 3.95. The second-order valence-electron chi connectivity index (χ2n) is 5.33. The first-order valence-corrected chi connectivity index (χ1v) is 8.01.